The van der Waals surface area contributed by atoms with E-state index in [1.165, 1.54) is 0 Å². The number of rotatable bonds is 2. The second kappa shape index (κ2) is 7.88. The molecule has 3 aliphatic heterocycles. The maximum Gasteiger partial charge on any atom is 0.309 e. The van der Waals surface area contributed by atoms with Crippen molar-refractivity contribution >= 4 is 17.5 Å². The van der Waals surface area contributed by atoms with Crippen molar-refractivity contribution < 1.29 is 43.9 Å². The quantitative estimate of drug-likeness (QED) is 0.425. The van der Waals surface area contributed by atoms with Crippen molar-refractivity contribution in [3.63, 3.8) is 0 Å². The predicted octanol–water partition coefficient (Wildman–Crippen LogP) is 1.32. The second-order valence-corrected chi connectivity index (χ2v) is 9.59. The number of ketones is 2. The van der Waals surface area contributed by atoms with Crippen LogP contribution in [0.25, 0.3) is 0 Å². The molecule has 4 aliphatic rings. The summed E-state index contributed by atoms with van der Waals surface area (Å²) in [6.07, 6.45) is -3.19. The molecular formula is C24H27NO9. The van der Waals surface area contributed by atoms with Gasteiger partial charge in [0.2, 0.25) is 0 Å². The van der Waals surface area contributed by atoms with Crippen LogP contribution in [0.3, 0.4) is 0 Å². The van der Waals surface area contributed by atoms with Crippen molar-refractivity contribution in [1.29, 1.82) is 0 Å². The molecule has 10 nitrogen and oxygen atoms in total. The smallest absolute Gasteiger partial charge is 0.309 e. The van der Waals surface area contributed by atoms with Gasteiger partial charge in [-0.3, -0.25) is 14.4 Å². The number of aromatic hydroxyl groups is 2. The molecule has 1 aromatic carbocycles. The van der Waals surface area contributed by atoms with Gasteiger partial charge in [-0.2, -0.15) is 0 Å². The van der Waals surface area contributed by atoms with E-state index in [0.717, 1.165) is 6.08 Å². The maximum absolute atomic E-state index is 13.6. The number of ether oxygens (including phenoxy) is 3. The number of phenolic OH excluding ortho intramolecular Hbond substituents is 2. The van der Waals surface area contributed by atoms with Gasteiger partial charge in [0.1, 0.15) is 17.6 Å². The molecular weight excluding hydrogens is 446 g/mol. The van der Waals surface area contributed by atoms with E-state index in [1.807, 2.05) is 4.90 Å². The third kappa shape index (κ3) is 3.20. The predicted molar refractivity (Wildman–Crippen MR) is 116 cm³/mol. The summed E-state index contributed by atoms with van der Waals surface area (Å²) in [6.45, 7) is 3.32. The molecule has 10 heteroatoms. The van der Waals surface area contributed by atoms with Crippen molar-refractivity contribution in [3.8, 4) is 11.5 Å². The summed E-state index contributed by atoms with van der Waals surface area (Å²) in [4.78, 5) is 40.5. The van der Waals surface area contributed by atoms with Crippen LogP contribution in [0.2, 0.25) is 0 Å². The van der Waals surface area contributed by atoms with Gasteiger partial charge in [0.05, 0.1) is 42.0 Å². The number of aliphatic hydroxyl groups is 1. The monoisotopic (exact) mass is 473 g/mol. The Kier molecular flexibility index (Phi) is 5.32. The summed E-state index contributed by atoms with van der Waals surface area (Å²) in [6, 6.07) is -0.313. The molecule has 34 heavy (non-hydrogen) atoms. The minimum atomic E-state index is -0.979. The first-order valence-electron chi connectivity index (χ1n) is 11.3. The van der Waals surface area contributed by atoms with Crippen molar-refractivity contribution in [2.24, 2.45) is 0 Å². The molecule has 0 spiro atoms. The molecule has 0 bridgehead atoms. The number of esters is 1. The minimum absolute atomic E-state index is 0.0151. The van der Waals surface area contributed by atoms with Crippen LogP contribution in [0.1, 0.15) is 70.7 Å². The van der Waals surface area contributed by atoms with E-state index in [2.05, 4.69) is 0 Å². The topological polar surface area (TPSA) is 143 Å². The number of fused-ring (bicyclic) bond motifs is 4. The maximum atomic E-state index is 13.6. The van der Waals surface area contributed by atoms with Crippen LogP contribution in [0.5, 0.6) is 11.5 Å². The standard InChI is InChI=1S/C24H27NO9/c1-8-16-19(24-14(32-8)7-15(27)34-24)23(31)17-12(26)5-10(21(29)18(17)22(16)30)13-6-11(25(3)4)20(28)9(2)33-13/h5,8-9,11,13-14,20,24,28,30-31H,6-7H2,1-4H3/t8-,9-,11-,13?,14-,20-,24+/m1/s1. The lowest BCUT2D eigenvalue weighted by atomic mass is 9.78. The highest BCUT2D eigenvalue weighted by molar-refractivity contribution is 6.27. The van der Waals surface area contributed by atoms with Crippen LogP contribution in [0.15, 0.2) is 11.6 Å². The molecule has 0 saturated carbocycles. The Morgan fingerprint density at radius 3 is 2.35 bits per heavy atom. The second-order valence-electron chi connectivity index (χ2n) is 9.59. The summed E-state index contributed by atoms with van der Waals surface area (Å²) in [5.41, 5.74) is -0.377. The molecule has 1 aliphatic carbocycles. The van der Waals surface area contributed by atoms with Crippen molar-refractivity contribution in [3.05, 3.63) is 33.9 Å². The number of allylic oxidation sites excluding steroid dienone is 1. The highest BCUT2D eigenvalue weighted by Gasteiger charge is 2.49. The number of carbonyl (C=O) groups excluding carboxylic acids is 3. The van der Waals surface area contributed by atoms with E-state index in [-0.39, 0.29) is 46.7 Å². The molecule has 1 unspecified atom stereocenters. The minimum Gasteiger partial charge on any atom is -0.507 e. The fraction of sp³-hybridized carbons (Fsp3) is 0.542. The third-order valence-corrected chi connectivity index (χ3v) is 7.30. The van der Waals surface area contributed by atoms with E-state index in [0.29, 0.717) is 0 Å². The van der Waals surface area contributed by atoms with Gasteiger partial charge in [0, 0.05) is 22.7 Å². The van der Waals surface area contributed by atoms with Crippen LogP contribution in [0.4, 0.5) is 0 Å². The van der Waals surface area contributed by atoms with E-state index >= 15 is 0 Å². The number of Topliss-reactive ketones (excluding diaryl/α,β-unsaturated/α-hetero) is 1. The first kappa shape index (κ1) is 23.0. The molecule has 1 aromatic rings. The van der Waals surface area contributed by atoms with Gasteiger partial charge in [-0.1, -0.05) is 0 Å². The van der Waals surface area contributed by atoms with E-state index in [9.17, 15) is 29.7 Å². The number of aliphatic hydroxyl groups excluding tert-OH is 1. The molecule has 0 amide bonds. The van der Waals surface area contributed by atoms with Gasteiger partial charge in [-0.15, -0.1) is 0 Å². The fourth-order valence-electron chi connectivity index (χ4n) is 5.60. The summed E-state index contributed by atoms with van der Waals surface area (Å²) in [5.74, 6) is -2.79. The first-order chi connectivity index (χ1) is 16.0. The Morgan fingerprint density at radius 1 is 1.00 bits per heavy atom. The summed E-state index contributed by atoms with van der Waals surface area (Å²) >= 11 is 0. The third-order valence-electron chi connectivity index (χ3n) is 7.30. The lowest BCUT2D eigenvalue weighted by molar-refractivity contribution is -0.143. The Bertz CT molecular complexity index is 1140. The zero-order valence-corrected chi connectivity index (χ0v) is 19.3. The van der Waals surface area contributed by atoms with Gasteiger partial charge in [0.25, 0.3) is 0 Å². The Morgan fingerprint density at radius 2 is 1.68 bits per heavy atom. The number of hydrogen-bond acceptors (Lipinski definition) is 10. The number of benzene rings is 1. The molecule has 0 radical (unpaired) electrons. The van der Waals surface area contributed by atoms with E-state index in [4.69, 9.17) is 14.2 Å². The largest absolute Gasteiger partial charge is 0.507 e. The van der Waals surface area contributed by atoms with Crippen molar-refractivity contribution in [1.82, 2.24) is 4.90 Å². The summed E-state index contributed by atoms with van der Waals surface area (Å²) in [7, 11) is 3.61. The Labute approximate surface area is 195 Å². The van der Waals surface area contributed by atoms with Crippen LogP contribution in [-0.4, -0.2) is 82.3 Å². The average Bonchev–Trinajstić information content (AvgIpc) is 3.13. The van der Waals surface area contributed by atoms with E-state index in [1.54, 1.807) is 27.9 Å². The summed E-state index contributed by atoms with van der Waals surface area (Å²) in [5, 5.41) is 32.8. The summed E-state index contributed by atoms with van der Waals surface area (Å²) < 4.78 is 17.0. The van der Waals surface area contributed by atoms with Gasteiger partial charge in [-0.25, -0.2) is 0 Å². The first-order valence-corrected chi connectivity index (χ1v) is 11.3. The highest BCUT2D eigenvalue weighted by Crippen LogP contribution is 2.53. The Hall–Kier alpha value is -2.79. The van der Waals surface area contributed by atoms with E-state index < -0.39 is 65.7 Å². The molecule has 0 aromatic heterocycles. The number of hydrogen-bond donors (Lipinski definition) is 3. The number of likely N-dealkylation sites (N-methyl/N-ethyl adjacent to an activating group) is 1. The van der Waals surface area contributed by atoms with Crippen molar-refractivity contribution in [2.45, 2.75) is 69.4 Å². The molecule has 182 valence electrons. The Balaban J connectivity index is 1.61. The zero-order chi connectivity index (χ0) is 24.6. The molecule has 2 saturated heterocycles. The van der Waals surface area contributed by atoms with Crippen molar-refractivity contribution in [2.75, 3.05) is 14.1 Å². The normalized spacial score (nSPS) is 34.9. The molecule has 7 atom stereocenters. The zero-order valence-electron chi connectivity index (χ0n) is 19.3. The van der Waals surface area contributed by atoms with Gasteiger partial charge in [0.15, 0.2) is 17.7 Å². The average molecular weight is 473 g/mol. The number of nitrogens with zero attached hydrogens (tertiary/aromatic N) is 1. The molecule has 3 N–H and O–H groups in total. The van der Waals surface area contributed by atoms with Crippen LogP contribution < -0.4 is 0 Å². The lowest BCUT2D eigenvalue weighted by Gasteiger charge is -2.42. The van der Waals surface area contributed by atoms with Gasteiger partial charge >= 0.3 is 5.97 Å². The van der Waals surface area contributed by atoms with Crippen LogP contribution >= 0.6 is 0 Å². The SMILES string of the molecule is C[C@H]1O[C@@H]2CC(=O)O[C@@H]2c2c(O)c3c(c(O)c21)C(=O)C(C1C[C@@H](N(C)C)[C@H](O)[C@@H](C)O1)=CC3=O. The molecule has 3 heterocycles. The van der Waals surface area contributed by atoms with Gasteiger partial charge in [-0.05, 0) is 40.4 Å². The lowest BCUT2D eigenvalue weighted by Crippen LogP contribution is -2.53. The fourth-order valence-corrected chi connectivity index (χ4v) is 5.60. The van der Waals surface area contributed by atoms with Crippen LogP contribution in [0, 0.1) is 0 Å². The van der Waals surface area contributed by atoms with Crippen LogP contribution in [-0.2, 0) is 19.0 Å². The molecule has 2 fully saturated rings. The number of phenols is 2. The highest BCUT2D eigenvalue weighted by atomic mass is 16.6. The van der Waals surface area contributed by atoms with Gasteiger partial charge < -0.3 is 34.4 Å². The number of carbonyl (C=O) groups is 3. The molecule has 5 rings (SSSR count).